The van der Waals surface area contributed by atoms with E-state index in [9.17, 15) is 14.4 Å². The molecule has 4 aromatic rings. The predicted molar refractivity (Wildman–Crippen MR) is 160 cm³/mol. The maximum Gasteiger partial charge on any atom is 0.293 e. The van der Waals surface area contributed by atoms with Gasteiger partial charge in [-0.05, 0) is 78.4 Å². The number of benzene rings is 2. The molecule has 2 aliphatic heterocycles. The number of nitrogens with zero attached hydrogens (tertiary/aromatic N) is 2. The molecule has 0 aliphatic carbocycles. The Hall–Kier alpha value is -4.47. The Labute approximate surface area is 244 Å². The van der Waals surface area contributed by atoms with E-state index in [0.717, 1.165) is 60.8 Å². The third-order valence-corrected chi connectivity index (χ3v) is 8.04. The van der Waals surface area contributed by atoms with Crippen LogP contribution in [0.2, 0.25) is 0 Å². The van der Waals surface area contributed by atoms with Crippen molar-refractivity contribution in [2.45, 2.75) is 33.4 Å². The van der Waals surface area contributed by atoms with Crippen LogP contribution < -0.4 is 15.8 Å². The quantitative estimate of drug-likeness (QED) is 0.347. The van der Waals surface area contributed by atoms with Crippen LogP contribution >= 0.6 is 0 Å². The maximum atomic E-state index is 13.7. The second-order valence-electron chi connectivity index (χ2n) is 10.9. The van der Waals surface area contributed by atoms with Crippen LogP contribution in [0, 0.1) is 13.8 Å². The fourth-order valence-corrected chi connectivity index (χ4v) is 5.80. The van der Waals surface area contributed by atoms with E-state index in [-0.39, 0.29) is 29.7 Å². The number of amides is 2. The number of nitrogens with one attached hydrogen (secondary N) is 2. The molecule has 1 saturated heterocycles. The summed E-state index contributed by atoms with van der Waals surface area (Å²) in [6, 6.07) is 17.4. The van der Waals surface area contributed by atoms with Crippen LogP contribution in [0.5, 0.6) is 0 Å². The number of carbonyl (C=O) groups is 2. The van der Waals surface area contributed by atoms with Crippen molar-refractivity contribution in [2.24, 2.45) is 0 Å². The number of aryl methyl sites for hydroxylation is 2. The van der Waals surface area contributed by atoms with Gasteiger partial charge in [0.1, 0.15) is 0 Å². The lowest BCUT2D eigenvalue weighted by atomic mass is 9.96. The first-order valence-corrected chi connectivity index (χ1v) is 14.3. The minimum atomic E-state index is -0.288. The molecule has 216 valence electrons. The lowest BCUT2D eigenvalue weighted by molar-refractivity contribution is 0.0342. The summed E-state index contributed by atoms with van der Waals surface area (Å²) in [5.41, 5.74) is 6.88. The topological polar surface area (TPSA) is 108 Å². The highest BCUT2D eigenvalue weighted by molar-refractivity contribution is 6.08. The average molecular weight is 567 g/mol. The fourth-order valence-electron chi connectivity index (χ4n) is 5.80. The van der Waals surface area contributed by atoms with E-state index in [2.05, 4.69) is 39.5 Å². The highest BCUT2D eigenvalue weighted by atomic mass is 16.5. The molecule has 2 amide bonds. The zero-order chi connectivity index (χ0) is 29.2. The molecule has 0 saturated carbocycles. The normalized spacial score (nSPS) is 15.0. The number of hydrogen-bond donors (Lipinski definition) is 2. The predicted octanol–water partition coefficient (Wildman–Crippen LogP) is 4.22. The second kappa shape index (κ2) is 11.8. The van der Waals surface area contributed by atoms with Crippen LogP contribution in [0.4, 0.5) is 5.69 Å². The molecule has 0 bridgehead atoms. The molecule has 42 heavy (non-hydrogen) atoms. The molecule has 2 aliphatic rings. The summed E-state index contributed by atoms with van der Waals surface area (Å²) < 4.78 is 10.9. The molecule has 9 nitrogen and oxygen atoms in total. The number of carbonyl (C=O) groups excluding carboxylic acids is 2. The third-order valence-electron chi connectivity index (χ3n) is 8.04. The number of fused-ring (bicyclic) bond motifs is 1. The van der Waals surface area contributed by atoms with E-state index >= 15 is 0 Å². The SMILES string of the molecule is Cc1cc(C)c(CNC(=O)c2cc(-c3ccc(CN4CCOCC4)cc3)cc3c2CCN3C(=O)c2ccco2)c(=O)[nH]1. The first-order chi connectivity index (χ1) is 20.4. The number of H-pyrrole nitrogens is 1. The number of furan rings is 1. The Balaban J connectivity index is 1.32. The monoisotopic (exact) mass is 566 g/mol. The van der Waals surface area contributed by atoms with Crippen molar-refractivity contribution in [3.05, 3.63) is 110 Å². The van der Waals surface area contributed by atoms with Crippen LogP contribution in [0.15, 0.2) is 70.1 Å². The minimum absolute atomic E-state index is 0.102. The Bertz CT molecular complexity index is 1670. The van der Waals surface area contributed by atoms with Gasteiger partial charge in [-0.25, -0.2) is 0 Å². The van der Waals surface area contributed by atoms with E-state index in [1.807, 2.05) is 32.0 Å². The average Bonchev–Trinajstić information content (AvgIpc) is 3.67. The molecule has 2 aromatic heterocycles. The number of hydrogen-bond acceptors (Lipinski definition) is 6. The van der Waals surface area contributed by atoms with Gasteiger partial charge in [0.2, 0.25) is 0 Å². The van der Waals surface area contributed by atoms with E-state index in [1.54, 1.807) is 17.0 Å². The van der Waals surface area contributed by atoms with Crippen molar-refractivity contribution >= 4 is 17.5 Å². The Kier molecular flexibility index (Phi) is 7.78. The highest BCUT2D eigenvalue weighted by Gasteiger charge is 2.31. The molecule has 1 fully saturated rings. The molecule has 2 N–H and O–H groups in total. The number of rotatable bonds is 7. The number of morpholine rings is 1. The molecule has 0 atom stereocenters. The second-order valence-corrected chi connectivity index (χ2v) is 10.9. The van der Waals surface area contributed by atoms with Crippen molar-refractivity contribution < 1.29 is 18.7 Å². The number of aromatic nitrogens is 1. The van der Waals surface area contributed by atoms with Gasteiger partial charge in [0.05, 0.1) is 19.5 Å². The summed E-state index contributed by atoms with van der Waals surface area (Å²) >= 11 is 0. The van der Waals surface area contributed by atoms with Crippen LogP contribution in [0.1, 0.15) is 48.9 Å². The largest absolute Gasteiger partial charge is 0.459 e. The number of pyridine rings is 1. The van der Waals surface area contributed by atoms with Gasteiger partial charge in [-0.3, -0.25) is 19.3 Å². The maximum absolute atomic E-state index is 13.7. The van der Waals surface area contributed by atoms with Crippen molar-refractivity contribution in [3.63, 3.8) is 0 Å². The van der Waals surface area contributed by atoms with Crippen molar-refractivity contribution in [1.29, 1.82) is 0 Å². The summed E-state index contributed by atoms with van der Waals surface area (Å²) in [6.07, 6.45) is 2.01. The van der Waals surface area contributed by atoms with Gasteiger partial charge in [0.25, 0.3) is 17.4 Å². The van der Waals surface area contributed by atoms with Crippen LogP contribution in [-0.4, -0.2) is 54.5 Å². The summed E-state index contributed by atoms with van der Waals surface area (Å²) in [4.78, 5) is 46.4. The summed E-state index contributed by atoms with van der Waals surface area (Å²) in [5, 5.41) is 2.95. The van der Waals surface area contributed by atoms with Crippen molar-refractivity contribution in [2.75, 3.05) is 37.7 Å². The number of ether oxygens (including phenoxy) is 1. The Morgan fingerprint density at radius 2 is 1.76 bits per heavy atom. The van der Waals surface area contributed by atoms with E-state index in [4.69, 9.17) is 9.15 Å². The molecule has 6 rings (SSSR count). The molecule has 0 radical (unpaired) electrons. The van der Waals surface area contributed by atoms with Gasteiger partial charge in [0.15, 0.2) is 5.76 Å². The molecule has 0 spiro atoms. The molecule has 0 unspecified atom stereocenters. The fraction of sp³-hybridized carbons (Fsp3) is 0.303. The minimum Gasteiger partial charge on any atom is -0.459 e. The smallest absolute Gasteiger partial charge is 0.293 e. The van der Waals surface area contributed by atoms with Gasteiger partial charge in [-0.1, -0.05) is 24.3 Å². The molecule has 2 aromatic carbocycles. The molecular weight excluding hydrogens is 532 g/mol. The third kappa shape index (κ3) is 5.66. The van der Waals surface area contributed by atoms with E-state index in [1.165, 1.54) is 11.8 Å². The van der Waals surface area contributed by atoms with Gasteiger partial charge in [0, 0.05) is 55.2 Å². The summed E-state index contributed by atoms with van der Waals surface area (Å²) in [7, 11) is 0. The van der Waals surface area contributed by atoms with Gasteiger partial charge in [-0.15, -0.1) is 0 Å². The summed E-state index contributed by atoms with van der Waals surface area (Å²) in [6.45, 7) is 8.42. The lowest BCUT2D eigenvalue weighted by Gasteiger charge is -2.26. The Morgan fingerprint density at radius 3 is 2.48 bits per heavy atom. The molecule has 9 heteroatoms. The van der Waals surface area contributed by atoms with E-state index in [0.29, 0.717) is 29.8 Å². The summed E-state index contributed by atoms with van der Waals surface area (Å²) in [5.74, 6) is -0.283. The van der Waals surface area contributed by atoms with Crippen LogP contribution in [0.3, 0.4) is 0 Å². The van der Waals surface area contributed by atoms with Gasteiger partial charge < -0.3 is 24.4 Å². The van der Waals surface area contributed by atoms with Gasteiger partial charge >= 0.3 is 0 Å². The number of aromatic amines is 1. The van der Waals surface area contributed by atoms with Gasteiger partial charge in [-0.2, -0.15) is 0 Å². The number of anilines is 1. The zero-order valence-electron chi connectivity index (χ0n) is 23.9. The van der Waals surface area contributed by atoms with Crippen LogP contribution in [0.25, 0.3) is 11.1 Å². The van der Waals surface area contributed by atoms with Crippen LogP contribution in [-0.2, 0) is 24.2 Å². The van der Waals surface area contributed by atoms with E-state index < -0.39 is 0 Å². The standard InChI is InChI=1S/C33H34N4O5/c1-21-16-22(2)35-32(39)28(21)19-34-31(38)27-17-25(24-7-5-23(6-8-24)20-36-11-14-41-15-12-36)18-29-26(27)9-10-37(29)33(40)30-4-3-13-42-30/h3-8,13,16-18H,9-12,14-15,19-20H2,1-2H3,(H,34,38)(H,35,39). The Morgan fingerprint density at radius 1 is 0.976 bits per heavy atom. The highest BCUT2D eigenvalue weighted by Crippen LogP contribution is 2.37. The molecular formula is C33H34N4O5. The lowest BCUT2D eigenvalue weighted by Crippen LogP contribution is -2.35. The molecule has 4 heterocycles. The first kappa shape index (κ1) is 27.7. The zero-order valence-corrected chi connectivity index (χ0v) is 23.9. The first-order valence-electron chi connectivity index (χ1n) is 14.3. The van der Waals surface area contributed by atoms with Crippen molar-refractivity contribution in [3.8, 4) is 11.1 Å². The van der Waals surface area contributed by atoms with Crippen molar-refractivity contribution in [1.82, 2.24) is 15.2 Å².